The summed E-state index contributed by atoms with van der Waals surface area (Å²) in [4.78, 5) is 24.0. The molecular weight excluding hydrogens is 348 g/mol. The summed E-state index contributed by atoms with van der Waals surface area (Å²) >= 11 is 0. The van der Waals surface area contributed by atoms with E-state index < -0.39 is 0 Å². The molecule has 1 aromatic heterocycles. The van der Waals surface area contributed by atoms with E-state index in [2.05, 4.69) is 22.9 Å². The highest BCUT2D eigenvalue weighted by molar-refractivity contribution is 5.99. The van der Waals surface area contributed by atoms with Crippen molar-refractivity contribution in [1.29, 1.82) is 0 Å². The summed E-state index contributed by atoms with van der Waals surface area (Å²) < 4.78 is 0. The Labute approximate surface area is 165 Å². The van der Waals surface area contributed by atoms with Crippen molar-refractivity contribution < 1.29 is 4.79 Å². The monoisotopic (exact) mass is 372 g/mol. The first kappa shape index (κ1) is 19.3. The lowest BCUT2D eigenvalue weighted by Gasteiger charge is -2.25. The lowest BCUT2D eigenvalue weighted by molar-refractivity contribution is 0.0958. The van der Waals surface area contributed by atoms with Crippen molar-refractivity contribution >= 4 is 17.4 Å². The normalized spacial score (nSPS) is 10.4. The van der Waals surface area contributed by atoms with E-state index >= 15 is 0 Å². The summed E-state index contributed by atoms with van der Waals surface area (Å²) in [5.41, 5.74) is 3.47. The van der Waals surface area contributed by atoms with Crippen LogP contribution in [-0.4, -0.2) is 29.0 Å². The summed E-state index contributed by atoms with van der Waals surface area (Å²) in [5.74, 6) is 0.950. The molecule has 0 fully saturated rings. The summed E-state index contributed by atoms with van der Waals surface area (Å²) in [6.07, 6.45) is 3.25. The number of hydrogen-bond acceptors (Lipinski definition) is 4. The number of rotatable bonds is 7. The van der Waals surface area contributed by atoms with Crippen LogP contribution in [0.3, 0.4) is 0 Å². The molecule has 142 valence electrons. The fourth-order valence-electron chi connectivity index (χ4n) is 2.98. The molecule has 0 aliphatic heterocycles. The molecule has 3 rings (SSSR count). The van der Waals surface area contributed by atoms with Crippen molar-refractivity contribution in [2.24, 2.45) is 0 Å². The second-order valence-electron chi connectivity index (χ2n) is 6.38. The van der Waals surface area contributed by atoms with Gasteiger partial charge in [-0.1, -0.05) is 48.5 Å². The van der Waals surface area contributed by atoms with E-state index in [0.29, 0.717) is 30.3 Å². The third-order valence-corrected chi connectivity index (χ3v) is 4.34. The molecule has 28 heavy (non-hydrogen) atoms. The third kappa shape index (κ3) is 4.26. The second kappa shape index (κ2) is 8.95. The van der Waals surface area contributed by atoms with Gasteiger partial charge in [-0.25, -0.2) is 9.97 Å². The zero-order valence-corrected chi connectivity index (χ0v) is 16.2. The number of nitrogens with zero attached hydrogens (tertiary/aromatic N) is 3. The molecule has 3 aromatic rings. The number of hydrogen-bond donors (Lipinski definition) is 1. The first-order chi connectivity index (χ1) is 13.6. The van der Waals surface area contributed by atoms with Crippen molar-refractivity contribution in [3.63, 3.8) is 0 Å². The van der Waals surface area contributed by atoms with E-state index in [9.17, 15) is 4.79 Å². The van der Waals surface area contributed by atoms with Crippen LogP contribution in [-0.2, 0) is 0 Å². The van der Waals surface area contributed by atoms with E-state index in [1.54, 1.807) is 12.3 Å². The van der Waals surface area contributed by atoms with Crippen molar-refractivity contribution in [2.75, 3.05) is 18.0 Å². The van der Waals surface area contributed by atoms with Gasteiger partial charge in [0.15, 0.2) is 5.82 Å². The standard InChI is InChI=1S/C23H24N4O/c1-4-14-24-23(28)20-16-25-21(18-11-7-6-8-12-18)26-22(20)27(5-2)19-13-9-10-17(3)15-19/h4,6-13,15-16H,1,5,14H2,2-3H3,(H,24,28). The molecule has 0 radical (unpaired) electrons. The first-order valence-corrected chi connectivity index (χ1v) is 9.29. The largest absolute Gasteiger partial charge is 0.348 e. The molecule has 5 heteroatoms. The van der Waals surface area contributed by atoms with E-state index in [4.69, 9.17) is 4.98 Å². The molecule has 1 amide bonds. The van der Waals surface area contributed by atoms with Crippen LogP contribution in [0.5, 0.6) is 0 Å². The third-order valence-electron chi connectivity index (χ3n) is 4.34. The second-order valence-corrected chi connectivity index (χ2v) is 6.38. The van der Waals surface area contributed by atoms with Gasteiger partial charge in [0.2, 0.25) is 0 Å². The van der Waals surface area contributed by atoms with Gasteiger partial charge in [0, 0.05) is 30.5 Å². The highest BCUT2D eigenvalue weighted by atomic mass is 16.1. The Morgan fingerprint density at radius 2 is 1.96 bits per heavy atom. The van der Waals surface area contributed by atoms with Crippen molar-refractivity contribution in [3.05, 3.63) is 84.6 Å². The molecule has 1 heterocycles. The van der Waals surface area contributed by atoms with Crippen LogP contribution >= 0.6 is 0 Å². The average Bonchev–Trinajstić information content (AvgIpc) is 2.73. The van der Waals surface area contributed by atoms with Crippen molar-refractivity contribution in [3.8, 4) is 11.4 Å². The van der Waals surface area contributed by atoms with E-state index in [1.165, 1.54) is 0 Å². The predicted molar refractivity (Wildman–Crippen MR) is 114 cm³/mol. The van der Waals surface area contributed by atoms with Gasteiger partial charge in [0.1, 0.15) is 11.4 Å². The van der Waals surface area contributed by atoms with Crippen LogP contribution in [0.25, 0.3) is 11.4 Å². The zero-order chi connectivity index (χ0) is 19.9. The van der Waals surface area contributed by atoms with Crippen LogP contribution in [0, 0.1) is 6.92 Å². The first-order valence-electron chi connectivity index (χ1n) is 9.29. The SMILES string of the molecule is C=CCNC(=O)c1cnc(-c2ccccc2)nc1N(CC)c1cccc(C)c1. The predicted octanol–water partition coefficient (Wildman–Crippen LogP) is 4.53. The Morgan fingerprint density at radius 1 is 1.18 bits per heavy atom. The van der Waals surface area contributed by atoms with Gasteiger partial charge in [-0.2, -0.15) is 0 Å². The van der Waals surface area contributed by atoms with Crippen LogP contribution in [0.1, 0.15) is 22.8 Å². The molecule has 0 saturated heterocycles. The Balaban J connectivity index is 2.13. The number of carbonyl (C=O) groups is 1. The summed E-state index contributed by atoms with van der Waals surface area (Å²) in [6.45, 7) is 8.79. The van der Waals surface area contributed by atoms with Gasteiger partial charge in [-0.15, -0.1) is 6.58 Å². The minimum absolute atomic E-state index is 0.222. The average molecular weight is 372 g/mol. The van der Waals surface area contributed by atoms with E-state index in [-0.39, 0.29) is 5.91 Å². The summed E-state index contributed by atoms with van der Waals surface area (Å²) in [5, 5.41) is 2.83. The van der Waals surface area contributed by atoms with Gasteiger partial charge in [0.25, 0.3) is 5.91 Å². The Hall–Kier alpha value is -3.47. The highest BCUT2D eigenvalue weighted by Gasteiger charge is 2.20. The number of aromatic nitrogens is 2. The van der Waals surface area contributed by atoms with Crippen molar-refractivity contribution in [1.82, 2.24) is 15.3 Å². The van der Waals surface area contributed by atoms with E-state index in [0.717, 1.165) is 16.8 Å². The molecular formula is C23H24N4O. The number of benzene rings is 2. The van der Waals surface area contributed by atoms with Crippen LogP contribution in [0.4, 0.5) is 11.5 Å². The van der Waals surface area contributed by atoms with Gasteiger partial charge in [-0.05, 0) is 31.5 Å². The van der Waals surface area contributed by atoms with E-state index in [1.807, 2.05) is 67.3 Å². The number of nitrogens with one attached hydrogen (secondary N) is 1. The van der Waals surface area contributed by atoms with Crippen LogP contribution in [0.2, 0.25) is 0 Å². The maximum atomic E-state index is 12.7. The summed E-state index contributed by atoms with van der Waals surface area (Å²) in [6, 6.07) is 17.9. The Morgan fingerprint density at radius 3 is 2.64 bits per heavy atom. The number of anilines is 2. The molecule has 0 atom stereocenters. The highest BCUT2D eigenvalue weighted by Crippen LogP contribution is 2.29. The number of aryl methyl sites for hydroxylation is 1. The zero-order valence-electron chi connectivity index (χ0n) is 16.2. The Bertz CT molecular complexity index is 969. The maximum absolute atomic E-state index is 12.7. The molecule has 0 saturated carbocycles. The molecule has 0 spiro atoms. The molecule has 0 bridgehead atoms. The Kier molecular flexibility index (Phi) is 6.17. The lowest BCUT2D eigenvalue weighted by atomic mass is 10.1. The van der Waals surface area contributed by atoms with Gasteiger partial charge >= 0.3 is 0 Å². The maximum Gasteiger partial charge on any atom is 0.256 e. The molecule has 0 aliphatic carbocycles. The van der Waals surface area contributed by atoms with Crippen LogP contribution < -0.4 is 10.2 Å². The van der Waals surface area contributed by atoms with Crippen molar-refractivity contribution in [2.45, 2.75) is 13.8 Å². The molecule has 0 aliphatic rings. The van der Waals surface area contributed by atoms with Gasteiger partial charge in [-0.3, -0.25) is 4.79 Å². The smallest absolute Gasteiger partial charge is 0.256 e. The number of carbonyl (C=O) groups excluding carboxylic acids is 1. The van der Waals surface area contributed by atoms with Crippen LogP contribution in [0.15, 0.2) is 73.4 Å². The summed E-state index contributed by atoms with van der Waals surface area (Å²) in [7, 11) is 0. The molecule has 5 nitrogen and oxygen atoms in total. The topological polar surface area (TPSA) is 58.1 Å². The fourth-order valence-corrected chi connectivity index (χ4v) is 2.98. The quantitative estimate of drug-likeness (QED) is 0.619. The number of amides is 1. The lowest BCUT2D eigenvalue weighted by Crippen LogP contribution is -2.28. The molecule has 0 unspecified atom stereocenters. The minimum Gasteiger partial charge on any atom is -0.348 e. The molecule has 1 N–H and O–H groups in total. The minimum atomic E-state index is -0.222. The van der Waals surface area contributed by atoms with Gasteiger partial charge < -0.3 is 10.2 Å². The van der Waals surface area contributed by atoms with Gasteiger partial charge in [0.05, 0.1) is 0 Å². The fraction of sp³-hybridized carbons (Fsp3) is 0.174. The molecule has 2 aromatic carbocycles.